The molecule has 37 heavy (non-hydrogen) atoms. The van der Waals surface area contributed by atoms with Crippen molar-refractivity contribution in [1.82, 2.24) is 19.2 Å². The molecule has 8 nitrogen and oxygen atoms in total. The van der Waals surface area contributed by atoms with Gasteiger partial charge < -0.3 is 11.5 Å². The number of aromatic nitrogens is 4. The van der Waals surface area contributed by atoms with Crippen LogP contribution in [0.4, 0.5) is 0 Å². The summed E-state index contributed by atoms with van der Waals surface area (Å²) in [6.45, 7) is 2.65. The number of imidazole rings is 1. The Hall–Kier alpha value is -4.72. The Morgan fingerprint density at radius 3 is 2.22 bits per heavy atom. The third kappa shape index (κ3) is 4.61. The van der Waals surface area contributed by atoms with Crippen LogP contribution in [-0.4, -0.2) is 31.0 Å². The summed E-state index contributed by atoms with van der Waals surface area (Å²) in [6.07, 6.45) is 2.73. The highest BCUT2D eigenvalue weighted by molar-refractivity contribution is 6.00. The number of hydrogen-bond donors (Lipinski definition) is 2. The molecule has 0 aliphatic heterocycles. The molecule has 8 heteroatoms. The Kier molecular flexibility index (Phi) is 6.55. The molecule has 0 spiro atoms. The van der Waals surface area contributed by atoms with Crippen LogP contribution in [0.3, 0.4) is 0 Å². The number of hydrogen-bond acceptors (Lipinski definition) is 4. The lowest BCUT2D eigenvalue weighted by molar-refractivity contribution is 0.0988. The van der Waals surface area contributed by atoms with E-state index in [1.54, 1.807) is 16.6 Å². The third-order valence-electron chi connectivity index (χ3n) is 6.44. The molecule has 2 heterocycles. The van der Waals surface area contributed by atoms with Gasteiger partial charge in [0.1, 0.15) is 11.5 Å². The fraction of sp³-hybridized carbons (Fsp3) is 0.172. The number of carbonyl (C=O) groups excluding carboxylic acids is 2. The van der Waals surface area contributed by atoms with Crippen molar-refractivity contribution in [3.63, 3.8) is 0 Å². The average Bonchev–Trinajstić information content (AvgIpc) is 3.44. The molecule has 0 fully saturated rings. The van der Waals surface area contributed by atoms with Gasteiger partial charge in [0.15, 0.2) is 5.69 Å². The number of unbranched alkanes of at least 4 members (excludes halogenated alkanes) is 1. The average molecular weight is 493 g/mol. The number of rotatable bonds is 9. The quantitative estimate of drug-likeness (QED) is 0.316. The zero-order valence-corrected chi connectivity index (χ0v) is 20.6. The van der Waals surface area contributed by atoms with Crippen LogP contribution in [0.5, 0.6) is 0 Å². The van der Waals surface area contributed by atoms with E-state index in [-0.39, 0.29) is 5.69 Å². The molecule has 3 aromatic carbocycles. The number of nitrogens with zero attached hydrogens (tertiary/aromatic N) is 4. The van der Waals surface area contributed by atoms with Crippen molar-refractivity contribution in [2.45, 2.75) is 32.7 Å². The molecule has 5 rings (SSSR count). The maximum absolute atomic E-state index is 12.5. The fourth-order valence-corrected chi connectivity index (χ4v) is 4.58. The maximum Gasteiger partial charge on any atom is 0.269 e. The van der Waals surface area contributed by atoms with Crippen LogP contribution < -0.4 is 11.5 Å². The zero-order valence-electron chi connectivity index (χ0n) is 20.6. The Morgan fingerprint density at radius 1 is 0.838 bits per heavy atom. The van der Waals surface area contributed by atoms with Gasteiger partial charge in [-0.2, -0.15) is 9.61 Å². The van der Waals surface area contributed by atoms with Gasteiger partial charge in [-0.15, -0.1) is 0 Å². The Morgan fingerprint density at radius 2 is 1.54 bits per heavy atom. The number of nitrogens with two attached hydrogens (primary N) is 2. The summed E-state index contributed by atoms with van der Waals surface area (Å²) in [5, 5.41) is 4.77. The van der Waals surface area contributed by atoms with Crippen LogP contribution in [0, 0.1) is 0 Å². The topological polar surface area (TPSA) is 121 Å². The summed E-state index contributed by atoms with van der Waals surface area (Å²) < 4.78 is 3.62. The van der Waals surface area contributed by atoms with Crippen LogP contribution in [0.15, 0.2) is 78.9 Å². The van der Waals surface area contributed by atoms with Gasteiger partial charge in [-0.3, -0.25) is 14.2 Å². The summed E-state index contributed by atoms with van der Waals surface area (Å²) >= 11 is 0. The smallest absolute Gasteiger partial charge is 0.269 e. The molecule has 0 atom stereocenters. The van der Waals surface area contributed by atoms with E-state index >= 15 is 0 Å². The summed E-state index contributed by atoms with van der Waals surface area (Å²) in [5.74, 6) is 0.381. The highest BCUT2D eigenvalue weighted by Crippen LogP contribution is 2.27. The SMILES string of the molecule is CCCCc1nn2c(C(N)=O)c(-c3ccccc3)nc2n1Cc1ccc(-c2ccccc2C(N)=O)cc1. The van der Waals surface area contributed by atoms with E-state index in [4.69, 9.17) is 21.5 Å². The van der Waals surface area contributed by atoms with Crippen LogP contribution in [-0.2, 0) is 13.0 Å². The van der Waals surface area contributed by atoms with Gasteiger partial charge in [-0.05, 0) is 29.2 Å². The van der Waals surface area contributed by atoms with Crippen molar-refractivity contribution < 1.29 is 9.59 Å². The van der Waals surface area contributed by atoms with Crippen molar-refractivity contribution in [2.24, 2.45) is 11.5 Å². The van der Waals surface area contributed by atoms with Crippen LogP contribution in [0.25, 0.3) is 28.2 Å². The molecule has 0 radical (unpaired) electrons. The molecule has 0 aliphatic rings. The number of primary amides is 2. The zero-order chi connectivity index (χ0) is 25.9. The van der Waals surface area contributed by atoms with Crippen LogP contribution in [0.1, 0.15) is 52.0 Å². The second-order valence-corrected chi connectivity index (χ2v) is 8.96. The standard InChI is InChI=1S/C29H28N6O2/c1-2-3-13-24-33-35-26(28(31)37)25(21-9-5-4-6-10-21)32-29(35)34(24)18-19-14-16-20(17-15-19)22-11-7-8-12-23(22)27(30)36/h4-12,14-17H,2-3,13,18H2,1H3,(H2,30,36)(H2,31,37). The Bertz CT molecular complexity index is 1580. The molecule has 186 valence electrons. The van der Waals surface area contributed by atoms with E-state index in [1.165, 1.54) is 0 Å². The number of aryl methyl sites for hydroxylation is 1. The van der Waals surface area contributed by atoms with E-state index in [9.17, 15) is 9.59 Å². The van der Waals surface area contributed by atoms with Gasteiger partial charge in [0.05, 0.1) is 6.54 Å². The van der Waals surface area contributed by atoms with Crippen LogP contribution >= 0.6 is 0 Å². The van der Waals surface area contributed by atoms with Gasteiger partial charge in [0.25, 0.3) is 5.91 Å². The van der Waals surface area contributed by atoms with Gasteiger partial charge >= 0.3 is 0 Å². The molecule has 0 saturated heterocycles. The molecule has 4 N–H and O–H groups in total. The number of fused-ring (bicyclic) bond motifs is 1. The third-order valence-corrected chi connectivity index (χ3v) is 6.44. The molecular formula is C29H28N6O2. The van der Waals surface area contributed by atoms with E-state index in [2.05, 4.69) is 6.92 Å². The van der Waals surface area contributed by atoms with E-state index in [0.717, 1.165) is 47.3 Å². The molecule has 0 unspecified atom stereocenters. The van der Waals surface area contributed by atoms with Crippen molar-refractivity contribution in [2.75, 3.05) is 0 Å². The fourth-order valence-electron chi connectivity index (χ4n) is 4.58. The lowest BCUT2D eigenvalue weighted by Crippen LogP contribution is -2.15. The molecular weight excluding hydrogens is 464 g/mol. The van der Waals surface area contributed by atoms with Crippen molar-refractivity contribution in [3.8, 4) is 22.4 Å². The van der Waals surface area contributed by atoms with Crippen molar-refractivity contribution in [1.29, 1.82) is 0 Å². The first-order valence-corrected chi connectivity index (χ1v) is 12.3. The summed E-state index contributed by atoms with van der Waals surface area (Å²) in [4.78, 5) is 29.2. The first kappa shape index (κ1) is 24.0. The number of amides is 2. The lowest BCUT2D eigenvalue weighted by atomic mass is 9.98. The van der Waals surface area contributed by atoms with Crippen molar-refractivity contribution >= 4 is 17.6 Å². The first-order valence-electron chi connectivity index (χ1n) is 12.3. The van der Waals surface area contributed by atoms with Gasteiger partial charge in [-0.1, -0.05) is 86.1 Å². The molecule has 5 aromatic rings. The maximum atomic E-state index is 12.5. The largest absolute Gasteiger partial charge is 0.366 e. The Balaban J connectivity index is 1.57. The second kappa shape index (κ2) is 10.1. The summed E-state index contributed by atoms with van der Waals surface area (Å²) in [5.41, 5.74) is 16.2. The molecule has 0 bridgehead atoms. The Labute approximate surface area is 214 Å². The molecule has 2 amide bonds. The van der Waals surface area contributed by atoms with Crippen LogP contribution in [0.2, 0.25) is 0 Å². The second-order valence-electron chi connectivity index (χ2n) is 8.96. The monoisotopic (exact) mass is 492 g/mol. The number of carbonyl (C=O) groups is 2. The van der Waals surface area contributed by atoms with Gasteiger partial charge in [-0.25, -0.2) is 4.98 Å². The summed E-state index contributed by atoms with van der Waals surface area (Å²) in [7, 11) is 0. The minimum absolute atomic E-state index is 0.274. The highest BCUT2D eigenvalue weighted by atomic mass is 16.1. The normalized spacial score (nSPS) is 11.2. The van der Waals surface area contributed by atoms with E-state index in [0.29, 0.717) is 23.6 Å². The van der Waals surface area contributed by atoms with E-state index < -0.39 is 11.8 Å². The predicted molar refractivity (Wildman–Crippen MR) is 143 cm³/mol. The van der Waals surface area contributed by atoms with Crippen molar-refractivity contribution in [3.05, 3.63) is 102 Å². The summed E-state index contributed by atoms with van der Waals surface area (Å²) in [6, 6.07) is 24.8. The van der Waals surface area contributed by atoms with Gasteiger partial charge in [0.2, 0.25) is 11.7 Å². The minimum Gasteiger partial charge on any atom is -0.366 e. The number of benzene rings is 3. The van der Waals surface area contributed by atoms with Gasteiger partial charge in [0, 0.05) is 17.5 Å². The minimum atomic E-state index is -0.574. The highest BCUT2D eigenvalue weighted by Gasteiger charge is 2.24. The predicted octanol–water partition coefficient (Wildman–Crippen LogP) is 4.45. The first-order chi connectivity index (χ1) is 18.0. The van der Waals surface area contributed by atoms with E-state index in [1.807, 2.05) is 71.3 Å². The molecule has 0 aliphatic carbocycles. The lowest BCUT2D eigenvalue weighted by Gasteiger charge is -2.10. The molecule has 0 saturated carbocycles. The molecule has 2 aromatic heterocycles.